The fourth-order valence-electron chi connectivity index (χ4n) is 2.93. The first-order valence-corrected chi connectivity index (χ1v) is 10.4. The first-order valence-electron chi connectivity index (χ1n) is 10.4. The maximum Gasteiger partial charge on any atom is 0.159 e. The minimum absolute atomic E-state index is 0.0595. The summed E-state index contributed by atoms with van der Waals surface area (Å²) in [5.41, 5.74) is 4.63. The molecule has 0 spiro atoms. The van der Waals surface area contributed by atoms with E-state index in [0.717, 1.165) is 28.0 Å². The molecule has 3 nitrogen and oxygen atoms in total. The van der Waals surface area contributed by atoms with Gasteiger partial charge >= 0.3 is 0 Å². The van der Waals surface area contributed by atoms with Crippen LogP contribution in [0.1, 0.15) is 49.2 Å². The Morgan fingerprint density at radius 2 is 1.23 bits per heavy atom. The molecule has 3 aromatic carbocycles. The lowest BCUT2D eigenvalue weighted by atomic mass is 10.0. The molecule has 0 heterocycles. The Hall–Kier alpha value is -3.35. The fraction of sp³-hybridized carbons (Fsp3) is 0.250. The molecule has 158 valence electrons. The normalized spacial score (nSPS) is 10.8. The summed E-state index contributed by atoms with van der Waals surface area (Å²) in [6, 6.07) is 23.6. The summed E-state index contributed by atoms with van der Waals surface area (Å²) < 4.78 is 11.4. The third-order valence-corrected chi connectivity index (χ3v) is 4.60. The van der Waals surface area contributed by atoms with Gasteiger partial charge in [0.15, 0.2) is 5.78 Å². The highest BCUT2D eigenvalue weighted by Crippen LogP contribution is 2.23. The van der Waals surface area contributed by atoms with E-state index in [-0.39, 0.29) is 11.4 Å². The Labute approximate surface area is 185 Å². The Bertz CT molecular complexity index is 1060. The van der Waals surface area contributed by atoms with Crippen molar-refractivity contribution >= 4 is 5.78 Å². The van der Waals surface area contributed by atoms with Gasteiger partial charge in [0.25, 0.3) is 0 Å². The molecule has 3 aromatic rings. The van der Waals surface area contributed by atoms with Gasteiger partial charge in [-0.3, -0.25) is 4.79 Å². The lowest BCUT2D eigenvalue weighted by molar-refractivity contribution is -0.0163. The van der Waals surface area contributed by atoms with Crippen LogP contribution in [0.25, 0.3) is 11.1 Å². The molecule has 3 heteroatoms. The standard InChI is InChI=1S/C28H28O3/c1-21(29)24-11-7-22(8-12-24)5-6-23-9-13-25(14-10-23)26-15-17-27(18-16-26)30-19-20-31-28(2,3)4/h7-18H,19-20H2,1-4H3. The van der Waals surface area contributed by atoms with E-state index in [0.29, 0.717) is 18.8 Å². The molecule has 0 aliphatic carbocycles. The van der Waals surface area contributed by atoms with Crippen molar-refractivity contribution in [1.29, 1.82) is 0 Å². The first-order chi connectivity index (χ1) is 14.8. The van der Waals surface area contributed by atoms with Crippen LogP contribution < -0.4 is 4.74 Å². The molecule has 0 saturated heterocycles. The molecular weight excluding hydrogens is 384 g/mol. The van der Waals surface area contributed by atoms with E-state index in [1.165, 1.54) is 0 Å². The summed E-state index contributed by atoms with van der Waals surface area (Å²) in [6.07, 6.45) is 0. The second-order valence-electron chi connectivity index (χ2n) is 8.29. The molecule has 0 N–H and O–H groups in total. The average molecular weight is 413 g/mol. The van der Waals surface area contributed by atoms with Crippen molar-refractivity contribution in [3.05, 3.63) is 89.5 Å². The Morgan fingerprint density at radius 1 is 0.742 bits per heavy atom. The van der Waals surface area contributed by atoms with Crippen LogP contribution in [0, 0.1) is 11.8 Å². The van der Waals surface area contributed by atoms with E-state index in [1.54, 1.807) is 19.1 Å². The molecule has 0 atom stereocenters. The van der Waals surface area contributed by atoms with Crippen LogP contribution in [-0.2, 0) is 4.74 Å². The molecule has 0 radical (unpaired) electrons. The quantitative estimate of drug-likeness (QED) is 0.277. The van der Waals surface area contributed by atoms with Crippen molar-refractivity contribution in [3.63, 3.8) is 0 Å². The summed E-state index contributed by atoms with van der Waals surface area (Å²) in [4.78, 5) is 11.3. The number of ketones is 1. The first kappa shape index (κ1) is 22.3. The highest BCUT2D eigenvalue weighted by atomic mass is 16.5. The monoisotopic (exact) mass is 412 g/mol. The van der Waals surface area contributed by atoms with Gasteiger partial charge in [0.2, 0.25) is 0 Å². The third-order valence-electron chi connectivity index (χ3n) is 4.60. The van der Waals surface area contributed by atoms with Crippen LogP contribution in [0.2, 0.25) is 0 Å². The summed E-state index contributed by atoms with van der Waals surface area (Å²) in [5, 5.41) is 0. The van der Waals surface area contributed by atoms with Crippen LogP contribution >= 0.6 is 0 Å². The molecule has 0 aliphatic heterocycles. The molecule has 0 fully saturated rings. The zero-order valence-corrected chi connectivity index (χ0v) is 18.6. The van der Waals surface area contributed by atoms with Gasteiger partial charge in [-0.15, -0.1) is 0 Å². The average Bonchev–Trinajstić information content (AvgIpc) is 2.76. The number of hydrogen-bond acceptors (Lipinski definition) is 3. The van der Waals surface area contributed by atoms with Crippen molar-refractivity contribution in [2.75, 3.05) is 13.2 Å². The van der Waals surface area contributed by atoms with Crippen LogP contribution in [0.3, 0.4) is 0 Å². The zero-order chi connectivity index (χ0) is 22.3. The number of ether oxygens (including phenoxy) is 2. The van der Waals surface area contributed by atoms with Crippen molar-refractivity contribution in [2.24, 2.45) is 0 Å². The van der Waals surface area contributed by atoms with Gasteiger partial charge in [0.1, 0.15) is 12.4 Å². The predicted octanol–water partition coefficient (Wildman–Crippen LogP) is 6.15. The summed E-state index contributed by atoms with van der Waals surface area (Å²) in [6.45, 7) is 8.75. The number of hydrogen-bond donors (Lipinski definition) is 0. The Kier molecular flexibility index (Phi) is 7.28. The van der Waals surface area contributed by atoms with E-state index < -0.39 is 0 Å². The van der Waals surface area contributed by atoms with Crippen LogP contribution in [0.5, 0.6) is 5.75 Å². The summed E-state index contributed by atoms with van der Waals surface area (Å²) in [5.74, 6) is 7.20. The molecule has 3 rings (SSSR count). The van der Waals surface area contributed by atoms with Gasteiger partial charge in [-0.25, -0.2) is 0 Å². The highest BCUT2D eigenvalue weighted by molar-refractivity contribution is 5.94. The number of benzene rings is 3. The molecule has 0 unspecified atom stereocenters. The largest absolute Gasteiger partial charge is 0.491 e. The molecule has 0 aliphatic rings. The van der Waals surface area contributed by atoms with Crippen molar-refractivity contribution in [3.8, 4) is 28.7 Å². The van der Waals surface area contributed by atoms with E-state index in [2.05, 4.69) is 36.1 Å². The zero-order valence-electron chi connectivity index (χ0n) is 18.6. The topological polar surface area (TPSA) is 35.5 Å². The van der Waals surface area contributed by atoms with Crippen LogP contribution in [-0.4, -0.2) is 24.6 Å². The van der Waals surface area contributed by atoms with Crippen LogP contribution in [0.4, 0.5) is 0 Å². The lowest BCUT2D eigenvalue weighted by Crippen LogP contribution is -2.22. The second kappa shape index (κ2) is 10.1. The second-order valence-corrected chi connectivity index (χ2v) is 8.29. The van der Waals surface area contributed by atoms with Gasteiger partial charge in [-0.2, -0.15) is 0 Å². The van der Waals surface area contributed by atoms with E-state index in [4.69, 9.17) is 9.47 Å². The van der Waals surface area contributed by atoms with Gasteiger partial charge < -0.3 is 9.47 Å². The van der Waals surface area contributed by atoms with E-state index in [1.807, 2.05) is 57.2 Å². The van der Waals surface area contributed by atoms with Crippen molar-refractivity contribution in [1.82, 2.24) is 0 Å². The lowest BCUT2D eigenvalue weighted by Gasteiger charge is -2.19. The highest BCUT2D eigenvalue weighted by Gasteiger charge is 2.09. The molecule has 31 heavy (non-hydrogen) atoms. The predicted molar refractivity (Wildman–Crippen MR) is 126 cm³/mol. The van der Waals surface area contributed by atoms with Gasteiger partial charge in [0.05, 0.1) is 12.2 Å². The van der Waals surface area contributed by atoms with Crippen molar-refractivity contribution in [2.45, 2.75) is 33.3 Å². The van der Waals surface area contributed by atoms with E-state index in [9.17, 15) is 4.79 Å². The fourth-order valence-corrected chi connectivity index (χ4v) is 2.93. The minimum atomic E-state index is -0.149. The summed E-state index contributed by atoms with van der Waals surface area (Å²) in [7, 11) is 0. The maximum absolute atomic E-state index is 11.3. The number of carbonyl (C=O) groups excluding carboxylic acids is 1. The van der Waals surface area contributed by atoms with Crippen molar-refractivity contribution < 1.29 is 14.3 Å². The molecule has 0 aromatic heterocycles. The smallest absolute Gasteiger partial charge is 0.159 e. The minimum Gasteiger partial charge on any atom is -0.491 e. The SMILES string of the molecule is CC(=O)c1ccc(C#Cc2ccc(-c3ccc(OCCOC(C)(C)C)cc3)cc2)cc1. The van der Waals surface area contributed by atoms with Gasteiger partial charge in [-0.05, 0) is 75.2 Å². The number of carbonyl (C=O) groups is 1. The summed E-state index contributed by atoms with van der Waals surface area (Å²) >= 11 is 0. The molecule has 0 amide bonds. The number of Topliss-reactive ketones (excluding diaryl/α,β-unsaturated/α-hetero) is 1. The van der Waals surface area contributed by atoms with Crippen LogP contribution in [0.15, 0.2) is 72.8 Å². The number of rotatable bonds is 6. The maximum atomic E-state index is 11.3. The Balaban J connectivity index is 1.58. The van der Waals surface area contributed by atoms with Gasteiger partial charge in [0, 0.05) is 16.7 Å². The van der Waals surface area contributed by atoms with Gasteiger partial charge in [-0.1, -0.05) is 48.2 Å². The molecule has 0 saturated carbocycles. The molecular formula is C28H28O3. The Morgan fingerprint density at radius 3 is 1.71 bits per heavy atom. The van der Waals surface area contributed by atoms with E-state index >= 15 is 0 Å². The third kappa shape index (κ3) is 7.13. The molecule has 0 bridgehead atoms.